The predicted molar refractivity (Wildman–Crippen MR) is 68.7 cm³/mol. The average molecular weight is 258 g/mol. The number of ether oxygens (including phenoxy) is 1. The van der Waals surface area contributed by atoms with Crippen LogP contribution < -0.4 is 15.2 Å². The van der Waals surface area contributed by atoms with Gasteiger partial charge in [-0.05, 0) is 26.0 Å². The highest BCUT2D eigenvalue weighted by Gasteiger charge is 2.18. The molecule has 0 bridgehead atoms. The molecule has 1 aromatic rings. The van der Waals surface area contributed by atoms with Crippen molar-refractivity contribution in [3.8, 4) is 5.75 Å². The second kappa shape index (κ2) is 5.88. The molecule has 0 aliphatic carbocycles. The lowest BCUT2D eigenvalue weighted by Crippen LogP contribution is -2.31. The summed E-state index contributed by atoms with van der Waals surface area (Å²) in [6, 6.07) is 6.82. The van der Waals surface area contributed by atoms with Crippen LogP contribution in [0.25, 0.3) is 0 Å². The van der Waals surface area contributed by atoms with Crippen molar-refractivity contribution in [1.29, 1.82) is 0 Å². The Hall–Kier alpha value is -1.27. The van der Waals surface area contributed by atoms with Crippen molar-refractivity contribution in [2.24, 2.45) is 5.73 Å². The minimum Gasteiger partial charge on any atom is -0.494 e. The molecular weight excluding hydrogens is 240 g/mol. The molecule has 17 heavy (non-hydrogen) atoms. The van der Waals surface area contributed by atoms with Gasteiger partial charge < -0.3 is 10.5 Å². The van der Waals surface area contributed by atoms with Crippen LogP contribution in [0.3, 0.4) is 0 Å². The molecule has 0 fully saturated rings. The zero-order chi connectivity index (χ0) is 12.9. The van der Waals surface area contributed by atoms with Crippen molar-refractivity contribution in [1.82, 2.24) is 0 Å². The Morgan fingerprint density at radius 3 is 2.76 bits per heavy atom. The van der Waals surface area contributed by atoms with Gasteiger partial charge in [-0.25, -0.2) is 8.42 Å². The Kier molecular flexibility index (Phi) is 4.77. The molecule has 0 radical (unpaired) electrons. The summed E-state index contributed by atoms with van der Waals surface area (Å²) in [6.45, 7) is 4.05. The third-order valence-electron chi connectivity index (χ3n) is 2.27. The lowest BCUT2D eigenvalue weighted by Gasteiger charge is -2.13. The van der Waals surface area contributed by atoms with E-state index in [1.807, 2.05) is 6.92 Å². The lowest BCUT2D eigenvalue weighted by molar-refractivity contribution is 0.340. The normalized spacial score (nSPS) is 13.1. The molecule has 96 valence electrons. The maximum atomic E-state index is 11.8. The van der Waals surface area contributed by atoms with E-state index in [0.717, 1.165) is 0 Å². The first-order valence-electron chi connectivity index (χ1n) is 5.44. The number of anilines is 1. The van der Waals surface area contributed by atoms with Crippen LogP contribution >= 0.6 is 0 Å². The Morgan fingerprint density at radius 2 is 2.18 bits per heavy atom. The van der Waals surface area contributed by atoms with Crippen LogP contribution in [0, 0.1) is 0 Å². The van der Waals surface area contributed by atoms with Crippen molar-refractivity contribution in [2.45, 2.75) is 19.1 Å². The van der Waals surface area contributed by atoms with E-state index in [4.69, 9.17) is 10.5 Å². The second-order valence-electron chi connectivity index (χ2n) is 3.65. The highest BCUT2D eigenvalue weighted by molar-refractivity contribution is 7.93. The van der Waals surface area contributed by atoms with Crippen LogP contribution in [0.5, 0.6) is 5.75 Å². The van der Waals surface area contributed by atoms with Crippen LogP contribution in [0.15, 0.2) is 24.3 Å². The van der Waals surface area contributed by atoms with Crippen molar-refractivity contribution in [3.05, 3.63) is 24.3 Å². The first kappa shape index (κ1) is 13.8. The monoisotopic (exact) mass is 258 g/mol. The first-order valence-corrected chi connectivity index (χ1v) is 6.98. The van der Waals surface area contributed by atoms with Gasteiger partial charge in [-0.15, -0.1) is 0 Å². The molecule has 0 saturated carbocycles. The van der Waals surface area contributed by atoms with E-state index in [2.05, 4.69) is 4.72 Å². The maximum Gasteiger partial charge on any atom is 0.236 e. The SMILES string of the molecule is CCOc1cccc(NS(=O)(=O)C(C)CN)c1. The number of nitrogens with one attached hydrogen (secondary N) is 1. The predicted octanol–water partition coefficient (Wildman–Crippen LogP) is 1.17. The number of sulfonamides is 1. The van der Waals surface area contributed by atoms with Crippen LogP contribution in [-0.4, -0.2) is 26.8 Å². The molecular formula is C11H18N2O3S. The molecule has 1 aromatic carbocycles. The average Bonchev–Trinajstić information content (AvgIpc) is 2.28. The fourth-order valence-electron chi connectivity index (χ4n) is 1.21. The fourth-order valence-corrected chi connectivity index (χ4v) is 2.12. The molecule has 1 unspecified atom stereocenters. The molecule has 1 rings (SSSR count). The van der Waals surface area contributed by atoms with E-state index in [9.17, 15) is 8.42 Å². The molecule has 0 spiro atoms. The topological polar surface area (TPSA) is 81.4 Å². The van der Waals surface area contributed by atoms with Crippen LogP contribution in [-0.2, 0) is 10.0 Å². The number of benzene rings is 1. The van der Waals surface area contributed by atoms with Gasteiger partial charge in [0.05, 0.1) is 17.5 Å². The second-order valence-corrected chi connectivity index (χ2v) is 5.75. The summed E-state index contributed by atoms with van der Waals surface area (Å²) in [7, 11) is -3.43. The molecule has 1 atom stereocenters. The van der Waals surface area contributed by atoms with E-state index in [1.165, 1.54) is 0 Å². The largest absolute Gasteiger partial charge is 0.494 e. The molecule has 0 amide bonds. The lowest BCUT2D eigenvalue weighted by atomic mass is 10.3. The Bertz CT molecular complexity index is 460. The van der Waals surface area contributed by atoms with Gasteiger partial charge in [0.2, 0.25) is 10.0 Å². The molecule has 0 aliphatic rings. The van der Waals surface area contributed by atoms with Crippen LogP contribution in [0.2, 0.25) is 0 Å². The Morgan fingerprint density at radius 1 is 1.47 bits per heavy atom. The number of nitrogens with two attached hydrogens (primary N) is 1. The standard InChI is InChI=1S/C11H18N2O3S/c1-3-16-11-6-4-5-10(7-11)13-17(14,15)9(2)8-12/h4-7,9,13H,3,8,12H2,1-2H3. The molecule has 5 nitrogen and oxygen atoms in total. The zero-order valence-electron chi connectivity index (χ0n) is 10.0. The summed E-state index contributed by atoms with van der Waals surface area (Å²) in [5.41, 5.74) is 5.83. The van der Waals surface area contributed by atoms with Gasteiger partial charge >= 0.3 is 0 Å². The van der Waals surface area contributed by atoms with Gasteiger partial charge in [-0.1, -0.05) is 6.07 Å². The minimum atomic E-state index is -3.43. The number of rotatable bonds is 6. The first-order chi connectivity index (χ1) is 7.99. The van der Waals surface area contributed by atoms with E-state index in [0.29, 0.717) is 18.0 Å². The van der Waals surface area contributed by atoms with Crippen molar-refractivity contribution in [3.63, 3.8) is 0 Å². The highest BCUT2D eigenvalue weighted by atomic mass is 32.2. The van der Waals surface area contributed by atoms with E-state index in [-0.39, 0.29) is 6.54 Å². The highest BCUT2D eigenvalue weighted by Crippen LogP contribution is 2.19. The van der Waals surface area contributed by atoms with E-state index < -0.39 is 15.3 Å². The summed E-state index contributed by atoms with van der Waals surface area (Å²) in [5, 5.41) is -0.627. The van der Waals surface area contributed by atoms with Crippen LogP contribution in [0.1, 0.15) is 13.8 Å². The summed E-state index contributed by atoms with van der Waals surface area (Å²) >= 11 is 0. The Balaban J connectivity index is 2.84. The summed E-state index contributed by atoms with van der Waals surface area (Å²) in [5.74, 6) is 0.633. The summed E-state index contributed by atoms with van der Waals surface area (Å²) in [4.78, 5) is 0. The molecule has 6 heteroatoms. The van der Waals surface area contributed by atoms with Gasteiger partial charge in [0.15, 0.2) is 0 Å². The molecule has 0 aromatic heterocycles. The van der Waals surface area contributed by atoms with Gasteiger partial charge in [0.1, 0.15) is 5.75 Å². The molecule has 0 heterocycles. The smallest absolute Gasteiger partial charge is 0.236 e. The summed E-state index contributed by atoms with van der Waals surface area (Å²) < 4.78 is 31.3. The third kappa shape index (κ3) is 3.90. The fraction of sp³-hybridized carbons (Fsp3) is 0.455. The quantitative estimate of drug-likeness (QED) is 0.802. The van der Waals surface area contributed by atoms with Gasteiger partial charge in [0, 0.05) is 12.6 Å². The summed E-state index contributed by atoms with van der Waals surface area (Å²) in [6.07, 6.45) is 0. The van der Waals surface area contributed by atoms with Crippen molar-refractivity contribution < 1.29 is 13.2 Å². The third-order valence-corrected chi connectivity index (χ3v) is 4.04. The van der Waals surface area contributed by atoms with E-state index >= 15 is 0 Å². The van der Waals surface area contributed by atoms with Crippen LogP contribution in [0.4, 0.5) is 5.69 Å². The zero-order valence-corrected chi connectivity index (χ0v) is 10.8. The molecule has 0 aliphatic heterocycles. The maximum absolute atomic E-state index is 11.8. The molecule has 0 saturated heterocycles. The van der Waals surface area contributed by atoms with Gasteiger partial charge in [-0.2, -0.15) is 0 Å². The van der Waals surface area contributed by atoms with Gasteiger partial charge in [-0.3, -0.25) is 4.72 Å². The number of hydrogen-bond acceptors (Lipinski definition) is 4. The minimum absolute atomic E-state index is 0.0838. The van der Waals surface area contributed by atoms with E-state index in [1.54, 1.807) is 31.2 Å². The number of hydrogen-bond donors (Lipinski definition) is 2. The Labute approximate surface area is 102 Å². The molecule has 3 N–H and O–H groups in total. The van der Waals surface area contributed by atoms with Crippen molar-refractivity contribution >= 4 is 15.7 Å². The van der Waals surface area contributed by atoms with Gasteiger partial charge in [0.25, 0.3) is 0 Å². The van der Waals surface area contributed by atoms with Crippen molar-refractivity contribution in [2.75, 3.05) is 17.9 Å².